The van der Waals surface area contributed by atoms with Gasteiger partial charge in [0.2, 0.25) is 0 Å². The molecular weight excluding hydrogens is 219 g/mol. The van der Waals surface area contributed by atoms with Crippen LogP contribution in [-0.2, 0) is 6.42 Å². The third-order valence-electron chi connectivity index (χ3n) is 3.14. The fourth-order valence-corrected chi connectivity index (χ4v) is 2.14. The van der Waals surface area contributed by atoms with Crippen molar-refractivity contribution in [2.24, 2.45) is 0 Å². The second kappa shape index (κ2) is 5.91. The Bertz CT molecular complexity index is 364. The van der Waals surface area contributed by atoms with E-state index >= 15 is 0 Å². The van der Waals surface area contributed by atoms with Crippen LogP contribution in [0, 0.1) is 5.82 Å². The summed E-state index contributed by atoms with van der Waals surface area (Å²) in [6.45, 7) is 3.74. The van der Waals surface area contributed by atoms with E-state index in [1.54, 1.807) is 0 Å². The topological polar surface area (TPSA) is 49.8 Å². The van der Waals surface area contributed by atoms with Crippen molar-refractivity contribution in [1.82, 2.24) is 15.3 Å². The molecule has 1 aromatic heterocycles. The summed E-state index contributed by atoms with van der Waals surface area (Å²) in [6.07, 6.45) is 5.47. The Labute approximate surface area is 101 Å². The van der Waals surface area contributed by atoms with Crippen LogP contribution in [0.3, 0.4) is 0 Å². The average molecular weight is 238 g/mol. The van der Waals surface area contributed by atoms with Crippen LogP contribution >= 0.6 is 0 Å². The summed E-state index contributed by atoms with van der Waals surface area (Å²) in [6, 6.07) is 0.568. The van der Waals surface area contributed by atoms with Crippen LogP contribution in [0.25, 0.3) is 0 Å². The van der Waals surface area contributed by atoms with Gasteiger partial charge in [-0.3, -0.25) is 0 Å². The molecule has 0 amide bonds. The summed E-state index contributed by atoms with van der Waals surface area (Å²) in [4.78, 5) is 7.84. The summed E-state index contributed by atoms with van der Waals surface area (Å²) >= 11 is 0. The van der Waals surface area contributed by atoms with E-state index in [2.05, 4.69) is 20.6 Å². The van der Waals surface area contributed by atoms with Crippen molar-refractivity contribution in [1.29, 1.82) is 0 Å². The highest BCUT2D eigenvalue weighted by Crippen LogP contribution is 2.14. The van der Waals surface area contributed by atoms with E-state index in [-0.39, 0.29) is 5.82 Å². The molecule has 1 aromatic rings. The Balaban J connectivity index is 1.85. The van der Waals surface area contributed by atoms with Crippen molar-refractivity contribution in [2.75, 3.05) is 18.4 Å². The molecule has 0 aromatic carbocycles. The molecule has 0 saturated carbocycles. The lowest BCUT2D eigenvalue weighted by atomic mass is 10.1. The standard InChI is InChI=1S/C12H19FN4/c1-2-10-11(13)12(17-8-16-10)15-7-5-9-4-3-6-14-9/h8-9,14H,2-7H2,1H3,(H,15,16,17). The van der Waals surface area contributed by atoms with Crippen molar-refractivity contribution in [2.45, 2.75) is 38.6 Å². The lowest BCUT2D eigenvalue weighted by Gasteiger charge is -2.12. The Hall–Kier alpha value is -1.23. The van der Waals surface area contributed by atoms with Gasteiger partial charge < -0.3 is 10.6 Å². The van der Waals surface area contributed by atoms with Crippen LogP contribution in [-0.4, -0.2) is 29.1 Å². The first-order valence-electron chi connectivity index (χ1n) is 6.28. The number of halogens is 1. The highest BCUT2D eigenvalue weighted by atomic mass is 19.1. The number of hydrogen-bond donors (Lipinski definition) is 2. The number of aromatic nitrogens is 2. The first-order valence-corrected chi connectivity index (χ1v) is 6.28. The fraction of sp³-hybridized carbons (Fsp3) is 0.667. The highest BCUT2D eigenvalue weighted by Gasteiger charge is 2.14. The van der Waals surface area contributed by atoms with Gasteiger partial charge in [0.1, 0.15) is 6.33 Å². The summed E-state index contributed by atoms with van der Waals surface area (Å²) < 4.78 is 13.8. The zero-order valence-electron chi connectivity index (χ0n) is 10.2. The van der Waals surface area contributed by atoms with Gasteiger partial charge in [0.15, 0.2) is 11.6 Å². The van der Waals surface area contributed by atoms with Gasteiger partial charge in [0, 0.05) is 12.6 Å². The zero-order valence-corrected chi connectivity index (χ0v) is 10.2. The highest BCUT2D eigenvalue weighted by molar-refractivity contribution is 5.37. The molecule has 0 bridgehead atoms. The van der Waals surface area contributed by atoms with Crippen molar-refractivity contribution in [3.63, 3.8) is 0 Å². The van der Waals surface area contributed by atoms with E-state index in [1.165, 1.54) is 19.2 Å². The van der Waals surface area contributed by atoms with Gasteiger partial charge in [-0.05, 0) is 32.2 Å². The van der Waals surface area contributed by atoms with Gasteiger partial charge in [-0.1, -0.05) is 6.92 Å². The SMILES string of the molecule is CCc1ncnc(NCCC2CCCN2)c1F. The van der Waals surface area contributed by atoms with Gasteiger partial charge in [-0.25, -0.2) is 14.4 Å². The fourth-order valence-electron chi connectivity index (χ4n) is 2.14. The van der Waals surface area contributed by atoms with Crippen molar-refractivity contribution in [3.8, 4) is 0 Å². The molecule has 2 heterocycles. The Morgan fingerprint density at radius 1 is 1.53 bits per heavy atom. The van der Waals surface area contributed by atoms with Crippen molar-refractivity contribution < 1.29 is 4.39 Å². The summed E-state index contributed by atoms with van der Waals surface area (Å²) in [7, 11) is 0. The van der Waals surface area contributed by atoms with E-state index in [0.717, 1.165) is 19.5 Å². The molecule has 1 aliphatic rings. The Morgan fingerprint density at radius 3 is 3.12 bits per heavy atom. The molecule has 1 atom stereocenters. The molecule has 1 saturated heterocycles. The number of nitrogens with one attached hydrogen (secondary N) is 2. The van der Waals surface area contributed by atoms with Crippen LogP contribution in [0.1, 0.15) is 31.9 Å². The monoisotopic (exact) mass is 238 g/mol. The molecule has 1 aliphatic heterocycles. The number of anilines is 1. The molecule has 2 N–H and O–H groups in total. The minimum atomic E-state index is -0.311. The lowest BCUT2D eigenvalue weighted by molar-refractivity contribution is 0.567. The van der Waals surface area contributed by atoms with Crippen molar-refractivity contribution >= 4 is 5.82 Å². The van der Waals surface area contributed by atoms with E-state index in [1.807, 2.05) is 6.92 Å². The third kappa shape index (κ3) is 3.12. The molecule has 0 radical (unpaired) electrons. The normalized spacial score (nSPS) is 19.5. The number of aryl methyl sites for hydroxylation is 1. The second-order valence-electron chi connectivity index (χ2n) is 4.35. The van der Waals surface area contributed by atoms with Gasteiger partial charge in [0.05, 0.1) is 5.69 Å². The average Bonchev–Trinajstić information content (AvgIpc) is 2.84. The molecular formula is C12H19FN4. The summed E-state index contributed by atoms with van der Waals surface area (Å²) in [5.41, 5.74) is 0.474. The van der Waals surface area contributed by atoms with Crippen LogP contribution in [0.4, 0.5) is 10.2 Å². The van der Waals surface area contributed by atoms with Gasteiger partial charge >= 0.3 is 0 Å². The maximum absolute atomic E-state index is 13.8. The summed E-state index contributed by atoms with van der Waals surface area (Å²) in [5, 5.41) is 6.46. The maximum Gasteiger partial charge on any atom is 0.186 e. The first kappa shape index (κ1) is 12.2. The number of hydrogen-bond acceptors (Lipinski definition) is 4. The van der Waals surface area contributed by atoms with E-state index in [4.69, 9.17) is 0 Å². The molecule has 4 nitrogen and oxygen atoms in total. The van der Waals surface area contributed by atoms with Crippen LogP contribution < -0.4 is 10.6 Å². The van der Waals surface area contributed by atoms with E-state index in [9.17, 15) is 4.39 Å². The first-order chi connectivity index (χ1) is 8.31. The minimum absolute atomic E-state index is 0.311. The molecule has 17 heavy (non-hydrogen) atoms. The van der Waals surface area contributed by atoms with Gasteiger partial charge in [-0.2, -0.15) is 0 Å². The van der Waals surface area contributed by atoms with Crippen molar-refractivity contribution in [3.05, 3.63) is 17.8 Å². The zero-order chi connectivity index (χ0) is 12.1. The number of nitrogens with zero attached hydrogens (tertiary/aromatic N) is 2. The third-order valence-corrected chi connectivity index (χ3v) is 3.14. The molecule has 2 rings (SSSR count). The minimum Gasteiger partial charge on any atom is -0.367 e. The molecule has 0 aliphatic carbocycles. The second-order valence-corrected chi connectivity index (χ2v) is 4.35. The quantitative estimate of drug-likeness (QED) is 0.820. The smallest absolute Gasteiger partial charge is 0.186 e. The molecule has 1 fully saturated rings. The van der Waals surface area contributed by atoms with Crippen LogP contribution in [0.2, 0.25) is 0 Å². The summed E-state index contributed by atoms with van der Waals surface area (Å²) in [5.74, 6) is 0.0178. The van der Waals surface area contributed by atoms with E-state index in [0.29, 0.717) is 24.0 Å². The maximum atomic E-state index is 13.8. The predicted molar refractivity (Wildman–Crippen MR) is 65.5 cm³/mol. The molecule has 1 unspecified atom stereocenters. The molecule has 5 heteroatoms. The predicted octanol–water partition coefficient (Wildman–Crippen LogP) is 1.73. The van der Waals surface area contributed by atoms with Crippen LogP contribution in [0.15, 0.2) is 6.33 Å². The van der Waals surface area contributed by atoms with Crippen LogP contribution in [0.5, 0.6) is 0 Å². The lowest BCUT2D eigenvalue weighted by Crippen LogP contribution is -2.24. The Kier molecular flexibility index (Phi) is 4.25. The number of rotatable bonds is 5. The molecule has 0 spiro atoms. The Morgan fingerprint density at radius 2 is 2.41 bits per heavy atom. The van der Waals surface area contributed by atoms with Gasteiger partial charge in [0.25, 0.3) is 0 Å². The van der Waals surface area contributed by atoms with Gasteiger partial charge in [-0.15, -0.1) is 0 Å². The largest absolute Gasteiger partial charge is 0.367 e. The molecule has 94 valence electrons. The van der Waals surface area contributed by atoms with E-state index < -0.39 is 0 Å².